The van der Waals surface area contributed by atoms with E-state index in [1.54, 1.807) is 0 Å². The first kappa shape index (κ1) is 20.7. The Morgan fingerprint density at radius 1 is 1.21 bits per heavy atom. The van der Waals surface area contributed by atoms with E-state index in [0.717, 1.165) is 41.2 Å². The number of amides is 1. The number of rotatable bonds is 7. The summed E-state index contributed by atoms with van der Waals surface area (Å²) in [7, 11) is 0. The molecule has 0 aliphatic heterocycles. The second-order valence-electron chi connectivity index (χ2n) is 6.06. The van der Waals surface area contributed by atoms with Crippen molar-refractivity contribution in [3.05, 3.63) is 63.5 Å². The van der Waals surface area contributed by atoms with Crippen molar-refractivity contribution in [1.82, 2.24) is 10.2 Å². The molecule has 0 fully saturated rings. The molecular weight excluding hydrogens is 417 g/mol. The average Bonchev–Trinajstić information content (AvgIpc) is 3.12. The number of thioether (sulfide) groups is 1. The fourth-order valence-corrected chi connectivity index (χ4v) is 3.87. The summed E-state index contributed by atoms with van der Waals surface area (Å²) in [5.74, 6) is -1.29. The zero-order valence-corrected chi connectivity index (χ0v) is 17.1. The quantitative estimate of drug-likeness (QED) is 0.316. The summed E-state index contributed by atoms with van der Waals surface area (Å²) in [6.07, 6.45) is 0. The molecule has 0 spiro atoms. The molecule has 11 heteroatoms. The lowest BCUT2D eigenvalue weighted by Crippen LogP contribution is -2.15. The van der Waals surface area contributed by atoms with Crippen LogP contribution in [0.1, 0.15) is 11.1 Å². The van der Waals surface area contributed by atoms with Crippen molar-refractivity contribution in [1.29, 1.82) is 0 Å². The van der Waals surface area contributed by atoms with Gasteiger partial charge in [0.1, 0.15) is 5.82 Å². The highest BCUT2D eigenvalue weighted by atomic mass is 32.2. The smallest absolute Gasteiger partial charge is 0.271 e. The number of aryl methyl sites for hydroxylation is 2. The van der Waals surface area contributed by atoms with Gasteiger partial charge >= 0.3 is 0 Å². The van der Waals surface area contributed by atoms with Crippen LogP contribution in [0.15, 0.2) is 40.7 Å². The predicted octanol–water partition coefficient (Wildman–Crippen LogP) is 4.68. The van der Waals surface area contributed by atoms with E-state index in [1.165, 1.54) is 16.9 Å². The Balaban J connectivity index is 1.56. The third kappa shape index (κ3) is 5.48. The predicted molar refractivity (Wildman–Crippen MR) is 112 cm³/mol. The minimum Gasteiger partial charge on any atom is -0.330 e. The normalized spacial score (nSPS) is 10.6. The maximum absolute atomic E-state index is 13.7. The van der Waals surface area contributed by atoms with Crippen LogP contribution < -0.4 is 10.6 Å². The van der Waals surface area contributed by atoms with Crippen LogP contribution in [-0.4, -0.2) is 26.8 Å². The molecule has 1 aromatic heterocycles. The molecule has 8 nitrogen and oxygen atoms in total. The number of nitrogens with zero attached hydrogens (tertiary/aromatic N) is 3. The van der Waals surface area contributed by atoms with Gasteiger partial charge in [-0.15, -0.1) is 10.2 Å². The molecule has 1 amide bonds. The van der Waals surface area contributed by atoms with Gasteiger partial charge in [-0.2, -0.15) is 0 Å². The number of nitro groups is 1. The van der Waals surface area contributed by atoms with Crippen molar-refractivity contribution < 1.29 is 14.1 Å². The van der Waals surface area contributed by atoms with Gasteiger partial charge in [-0.3, -0.25) is 14.9 Å². The fraction of sp³-hybridized carbons (Fsp3) is 0.167. The lowest BCUT2D eigenvalue weighted by Gasteiger charge is -2.05. The Kier molecular flexibility index (Phi) is 6.39. The number of aromatic nitrogens is 2. The SMILES string of the molecule is Cc1ccc(Nc2nnc(SCC(=O)Nc3cc([N+](=O)[O-])ccc3F)s2)cc1C. The Bertz CT molecular complexity index is 1070. The van der Waals surface area contributed by atoms with Crippen LogP contribution in [0.5, 0.6) is 0 Å². The average molecular weight is 433 g/mol. The van der Waals surface area contributed by atoms with E-state index >= 15 is 0 Å². The van der Waals surface area contributed by atoms with Crippen LogP contribution in [0.4, 0.5) is 26.6 Å². The molecule has 0 unspecified atom stereocenters. The number of hydrogen-bond acceptors (Lipinski definition) is 8. The fourth-order valence-electron chi connectivity index (χ4n) is 2.30. The van der Waals surface area contributed by atoms with E-state index in [0.29, 0.717) is 9.47 Å². The van der Waals surface area contributed by atoms with Crippen LogP contribution in [-0.2, 0) is 4.79 Å². The summed E-state index contributed by atoms with van der Waals surface area (Å²) in [5, 5.41) is 24.9. The van der Waals surface area contributed by atoms with Gasteiger partial charge in [-0.05, 0) is 43.2 Å². The highest BCUT2D eigenvalue weighted by molar-refractivity contribution is 8.01. The summed E-state index contributed by atoms with van der Waals surface area (Å²) in [6.45, 7) is 4.05. The molecule has 3 rings (SSSR count). The summed E-state index contributed by atoms with van der Waals surface area (Å²) in [5.41, 5.74) is 2.69. The minimum absolute atomic E-state index is 0.0413. The van der Waals surface area contributed by atoms with Crippen molar-refractivity contribution >= 4 is 51.2 Å². The van der Waals surface area contributed by atoms with E-state index in [-0.39, 0.29) is 17.1 Å². The van der Waals surface area contributed by atoms with Gasteiger partial charge in [0, 0.05) is 17.8 Å². The van der Waals surface area contributed by atoms with Gasteiger partial charge in [0.25, 0.3) is 5.69 Å². The monoisotopic (exact) mass is 433 g/mol. The molecule has 1 heterocycles. The van der Waals surface area contributed by atoms with Gasteiger partial charge < -0.3 is 10.6 Å². The summed E-state index contributed by atoms with van der Waals surface area (Å²) >= 11 is 2.42. The number of carbonyl (C=O) groups excluding carboxylic acids is 1. The van der Waals surface area contributed by atoms with Gasteiger partial charge in [-0.1, -0.05) is 29.2 Å². The molecule has 150 valence electrons. The first-order valence-corrected chi connectivity index (χ1v) is 10.2. The zero-order chi connectivity index (χ0) is 21.0. The Hall–Kier alpha value is -3.05. The van der Waals surface area contributed by atoms with E-state index in [9.17, 15) is 19.3 Å². The Morgan fingerprint density at radius 3 is 2.72 bits per heavy atom. The Labute approximate surface area is 173 Å². The maximum Gasteiger partial charge on any atom is 0.271 e. The number of nitrogens with one attached hydrogen (secondary N) is 2. The van der Waals surface area contributed by atoms with E-state index in [1.807, 2.05) is 32.0 Å². The largest absolute Gasteiger partial charge is 0.330 e. The summed E-state index contributed by atoms with van der Waals surface area (Å²) < 4.78 is 14.3. The highest BCUT2D eigenvalue weighted by Crippen LogP contribution is 2.28. The second-order valence-corrected chi connectivity index (χ2v) is 8.26. The lowest BCUT2D eigenvalue weighted by atomic mass is 10.1. The number of nitro benzene ring substituents is 1. The van der Waals surface area contributed by atoms with Crippen LogP contribution in [0, 0.1) is 29.8 Å². The number of halogens is 1. The molecule has 0 radical (unpaired) electrons. The molecule has 0 saturated heterocycles. The van der Waals surface area contributed by atoms with Gasteiger partial charge in [-0.25, -0.2) is 4.39 Å². The maximum atomic E-state index is 13.7. The van der Waals surface area contributed by atoms with Crippen molar-refractivity contribution in [2.24, 2.45) is 0 Å². The first-order valence-electron chi connectivity index (χ1n) is 8.36. The van der Waals surface area contributed by atoms with Crippen LogP contribution >= 0.6 is 23.1 Å². The van der Waals surface area contributed by atoms with Gasteiger partial charge in [0.15, 0.2) is 4.34 Å². The number of hydrogen-bond donors (Lipinski definition) is 2. The standard InChI is InChI=1S/C18H16FN5O3S2/c1-10-3-4-12(7-11(10)2)20-17-22-23-18(29-17)28-9-16(25)21-15-8-13(24(26)27)5-6-14(15)19/h3-8H,9H2,1-2H3,(H,20,22)(H,21,25). The van der Waals surface area contributed by atoms with E-state index in [2.05, 4.69) is 20.8 Å². The van der Waals surface area contributed by atoms with Crippen LogP contribution in [0.3, 0.4) is 0 Å². The highest BCUT2D eigenvalue weighted by Gasteiger charge is 2.14. The molecule has 29 heavy (non-hydrogen) atoms. The zero-order valence-electron chi connectivity index (χ0n) is 15.4. The number of non-ortho nitro benzene ring substituents is 1. The van der Waals surface area contributed by atoms with Crippen molar-refractivity contribution in [2.45, 2.75) is 18.2 Å². The van der Waals surface area contributed by atoms with Crippen molar-refractivity contribution in [3.8, 4) is 0 Å². The minimum atomic E-state index is -0.746. The number of benzene rings is 2. The van der Waals surface area contributed by atoms with Crippen LogP contribution in [0.2, 0.25) is 0 Å². The second kappa shape index (κ2) is 8.97. The molecule has 2 N–H and O–H groups in total. The molecule has 0 aliphatic carbocycles. The van der Waals surface area contributed by atoms with Crippen molar-refractivity contribution in [3.63, 3.8) is 0 Å². The van der Waals surface area contributed by atoms with Crippen LogP contribution in [0.25, 0.3) is 0 Å². The lowest BCUT2D eigenvalue weighted by molar-refractivity contribution is -0.384. The third-order valence-corrected chi connectivity index (χ3v) is 5.90. The van der Waals surface area contributed by atoms with E-state index < -0.39 is 16.6 Å². The van der Waals surface area contributed by atoms with E-state index in [4.69, 9.17) is 0 Å². The first-order chi connectivity index (χ1) is 13.8. The summed E-state index contributed by atoms with van der Waals surface area (Å²) in [4.78, 5) is 22.2. The molecule has 3 aromatic rings. The molecule has 0 atom stereocenters. The third-order valence-electron chi connectivity index (χ3n) is 3.93. The number of anilines is 3. The molecule has 0 aliphatic rings. The summed E-state index contributed by atoms with van der Waals surface area (Å²) in [6, 6.07) is 8.91. The molecule has 0 saturated carbocycles. The molecular formula is C18H16FN5O3S2. The molecule has 2 aromatic carbocycles. The molecule has 0 bridgehead atoms. The topological polar surface area (TPSA) is 110 Å². The van der Waals surface area contributed by atoms with Gasteiger partial charge in [0.2, 0.25) is 11.0 Å². The van der Waals surface area contributed by atoms with Gasteiger partial charge in [0.05, 0.1) is 16.4 Å². The Morgan fingerprint density at radius 2 is 2.00 bits per heavy atom. The number of carbonyl (C=O) groups is 1. The van der Waals surface area contributed by atoms with Crippen molar-refractivity contribution in [2.75, 3.05) is 16.4 Å².